The molecular formula is C27H21ClN6O3. The SMILES string of the molecule is N#Cc1c(OC2COC(CO)C2)[nH]c2cc(Cl)c(-c3ccc(-c4ccc(-n5cncn5)cc4)cc3)nc12. The second kappa shape index (κ2) is 9.67. The van der Waals surface area contributed by atoms with Crippen molar-refractivity contribution in [3.8, 4) is 40.0 Å². The maximum atomic E-state index is 9.85. The lowest BCUT2D eigenvalue weighted by Gasteiger charge is -2.10. The van der Waals surface area contributed by atoms with E-state index in [9.17, 15) is 10.4 Å². The summed E-state index contributed by atoms with van der Waals surface area (Å²) < 4.78 is 13.2. The van der Waals surface area contributed by atoms with Gasteiger partial charge in [0.15, 0.2) is 0 Å². The van der Waals surface area contributed by atoms with Crippen LogP contribution in [0.3, 0.4) is 0 Å². The summed E-state index contributed by atoms with van der Waals surface area (Å²) in [6.45, 7) is 0.283. The third-order valence-electron chi connectivity index (χ3n) is 6.37. The van der Waals surface area contributed by atoms with Crippen LogP contribution in [0, 0.1) is 11.3 Å². The number of aliphatic hydroxyl groups excluding tert-OH is 1. The molecule has 4 heterocycles. The summed E-state index contributed by atoms with van der Waals surface area (Å²) in [5.41, 5.74) is 5.85. The van der Waals surface area contributed by atoms with Crippen molar-refractivity contribution < 1.29 is 14.6 Å². The van der Waals surface area contributed by atoms with E-state index >= 15 is 0 Å². The zero-order valence-electron chi connectivity index (χ0n) is 19.5. The number of benzene rings is 2. The molecule has 0 amide bonds. The van der Waals surface area contributed by atoms with Gasteiger partial charge in [-0.25, -0.2) is 14.6 Å². The van der Waals surface area contributed by atoms with Gasteiger partial charge in [0.25, 0.3) is 0 Å². The number of nitrogens with zero attached hydrogens (tertiary/aromatic N) is 5. The molecule has 9 nitrogen and oxygen atoms in total. The highest BCUT2D eigenvalue weighted by Crippen LogP contribution is 2.35. The van der Waals surface area contributed by atoms with Crippen LogP contribution in [0.5, 0.6) is 5.88 Å². The Bertz CT molecular complexity index is 1590. The number of pyridine rings is 1. The van der Waals surface area contributed by atoms with Gasteiger partial charge in [0.05, 0.1) is 41.2 Å². The highest BCUT2D eigenvalue weighted by atomic mass is 35.5. The first-order valence-electron chi connectivity index (χ1n) is 11.7. The van der Waals surface area contributed by atoms with Crippen LogP contribution in [0.4, 0.5) is 0 Å². The minimum absolute atomic E-state index is 0.0642. The summed E-state index contributed by atoms with van der Waals surface area (Å²) >= 11 is 6.61. The lowest BCUT2D eigenvalue weighted by atomic mass is 10.0. The molecule has 0 spiro atoms. The molecule has 5 aromatic rings. The summed E-state index contributed by atoms with van der Waals surface area (Å²) in [5, 5.41) is 23.7. The highest BCUT2D eigenvalue weighted by molar-refractivity contribution is 6.33. The van der Waals surface area contributed by atoms with Crippen molar-refractivity contribution in [2.24, 2.45) is 0 Å². The number of halogens is 1. The van der Waals surface area contributed by atoms with Gasteiger partial charge in [-0.15, -0.1) is 0 Å². The number of rotatable bonds is 6. The summed E-state index contributed by atoms with van der Waals surface area (Å²) in [6.07, 6.45) is 3.19. The molecule has 0 aliphatic carbocycles. The van der Waals surface area contributed by atoms with Crippen molar-refractivity contribution in [3.63, 3.8) is 0 Å². The van der Waals surface area contributed by atoms with Crippen molar-refractivity contribution >= 4 is 22.6 Å². The molecule has 184 valence electrons. The first kappa shape index (κ1) is 23.2. The van der Waals surface area contributed by atoms with E-state index in [0.29, 0.717) is 46.2 Å². The van der Waals surface area contributed by atoms with E-state index in [2.05, 4.69) is 21.1 Å². The van der Waals surface area contributed by atoms with Crippen molar-refractivity contribution in [2.75, 3.05) is 13.2 Å². The molecule has 2 aromatic carbocycles. The molecule has 0 bridgehead atoms. The Morgan fingerprint density at radius 3 is 2.51 bits per heavy atom. The highest BCUT2D eigenvalue weighted by Gasteiger charge is 2.28. The molecule has 0 saturated carbocycles. The van der Waals surface area contributed by atoms with Gasteiger partial charge in [-0.1, -0.05) is 48.0 Å². The normalized spacial score (nSPS) is 17.2. The van der Waals surface area contributed by atoms with E-state index in [0.717, 1.165) is 22.4 Å². The molecule has 10 heteroatoms. The Labute approximate surface area is 216 Å². The largest absolute Gasteiger partial charge is 0.472 e. The molecule has 1 aliphatic heterocycles. The number of aliphatic hydroxyl groups is 1. The number of aromatic nitrogens is 5. The van der Waals surface area contributed by atoms with E-state index in [1.807, 2.05) is 48.5 Å². The van der Waals surface area contributed by atoms with Gasteiger partial charge in [0.1, 0.15) is 35.9 Å². The van der Waals surface area contributed by atoms with Gasteiger partial charge in [-0.3, -0.25) is 0 Å². The minimum atomic E-state index is -0.259. The van der Waals surface area contributed by atoms with E-state index in [-0.39, 0.29) is 18.8 Å². The van der Waals surface area contributed by atoms with Gasteiger partial charge >= 0.3 is 0 Å². The molecule has 37 heavy (non-hydrogen) atoms. The van der Waals surface area contributed by atoms with Crippen molar-refractivity contribution in [3.05, 3.63) is 77.8 Å². The summed E-state index contributed by atoms with van der Waals surface area (Å²) in [4.78, 5) is 11.8. The van der Waals surface area contributed by atoms with Gasteiger partial charge < -0.3 is 19.6 Å². The Morgan fingerprint density at radius 1 is 1.14 bits per heavy atom. The maximum absolute atomic E-state index is 9.85. The second-order valence-electron chi connectivity index (χ2n) is 8.73. The van der Waals surface area contributed by atoms with Crippen LogP contribution < -0.4 is 4.74 Å². The van der Waals surface area contributed by atoms with Crippen molar-refractivity contribution in [1.29, 1.82) is 5.26 Å². The third kappa shape index (κ3) is 4.42. The Kier molecular flexibility index (Phi) is 6.06. The Balaban J connectivity index is 1.28. The van der Waals surface area contributed by atoms with Gasteiger partial charge in [-0.2, -0.15) is 10.4 Å². The standard InChI is InChI=1S/C27H21ClN6O3/c28-23-10-24-26(22(11-29)27(32-24)37-21-9-20(12-35)36-13-21)33-25(23)18-3-1-16(2-4-18)17-5-7-19(8-6-17)34-15-30-14-31-34/h1-8,10,14-15,20-21,32,35H,9,12-13H2. The lowest BCUT2D eigenvalue weighted by molar-refractivity contribution is 0.0531. The van der Waals surface area contributed by atoms with E-state index in [1.54, 1.807) is 17.1 Å². The number of ether oxygens (including phenoxy) is 2. The summed E-state index contributed by atoms with van der Waals surface area (Å²) in [6, 6.07) is 19.9. The number of aromatic amines is 1. The molecule has 1 fully saturated rings. The number of nitrogens with one attached hydrogen (secondary N) is 1. The van der Waals surface area contributed by atoms with E-state index < -0.39 is 0 Å². The minimum Gasteiger partial charge on any atom is -0.472 e. The summed E-state index contributed by atoms with van der Waals surface area (Å²) in [7, 11) is 0. The molecule has 2 N–H and O–H groups in total. The van der Waals surface area contributed by atoms with Crippen LogP contribution in [-0.4, -0.2) is 55.3 Å². The number of nitriles is 1. The van der Waals surface area contributed by atoms with Crippen LogP contribution in [0.1, 0.15) is 12.0 Å². The van der Waals surface area contributed by atoms with Gasteiger partial charge in [-0.05, 0) is 29.3 Å². The maximum Gasteiger partial charge on any atom is 0.212 e. The zero-order chi connectivity index (χ0) is 25.4. The monoisotopic (exact) mass is 512 g/mol. The van der Waals surface area contributed by atoms with E-state index in [4.69, 9.17) is 26.1 Å². The topological polar surface area (TPSA) is 122 Å². The lowest BCUT2D eigenvalue weighted by Crippen LogP contribution is -2.18. The first-order valence-corrected chi connectivity index (χ1v) is 12.1. The zero-order valence-corrected chi connectivity index (χ0v) is 20.3. The number of hydrogen-bond donors (Lipinski definition) is 2. The molecule has 2 unspecified atom stereocenters. The van der Waals surface area contributed by atoms with Crippen LogP contribution in [0.15, 0.2) is 67.3 Å². The fourth-order valence-electron chi connectivity index (χ4n) is 4.48. The average Bonchev–Trinajstić information content (AvgIpc) is 3.69. The first-order chi connectivity index (χ1) is 18.1. The second-order valence-corrected chi connectivity index (χ2v) is 9.14. The van der Waals surface area contributed by atoms with Crippen LogP contribution in [0.25, 0.3) is 39.1 Å². The molecule has 6 rings (SSSR count). The predicted molar refractivity (Wildman–Crippen MR) is 137 cm³/mol. The number of hydrogen-bond acceptors (Lipinski definition) is 7. The molecular weight excluding hydrogens is 492 g/mol. The summed E-state index contributed by atoms with van der Waals surface area (Å²) in [5.74, 6) is 0.329. The quantitative estimate of drug-likeness (QED) is 0.342. The molecule has 2 atom stereocenters. The fourth-order valence-corrected chi connectivity index (χ4v) is 4.74. The third-order valence-corrected chi connectivity index (χ3v) is 6.66. The van der Waals surface area contributed by atoms with Crippen LogP contribution in [-0.2, 0) is 4.74 Å². The smallest absolute Gasteiger partial charge is 0.212 e. The Hall–Kier alpha value is -4.23. The molecule has 3 aromatic heterocycles. The van der Waals surface area contributed by atoms with Gasteiger partial charge in [0, 0.05) is 12.0 Å². The molecule has 1 saturated heterocycles. The number of fused-ring (bicyclic) bond motifs is 1. The van der Waals surface area contributed by atoms with Crippen molar-refractivity contribution in [2.45, 2.75) is 18.6 Å². The molecule has 1 aliphatic rings. The number of H-pyrrole nitrogens is 1. The fraction of sp³-hybridized carbons (Fsp3) is 0.185. The van der Waals surface area contributed by atoms with Crippen LogP contribution in [0.2, 0.25) is 5.02 Å². The van der Waals surface area contributed by atoms with Gasteiger partial charge in [0.2, 0.25) is 5.88 Å². The van der Waals surface area contributed by atoms with Crippen LogP contribution >= 0.6 is 11.6 Å². The van der Waals surface area contributed by atoms with Crippen molar-refractivity contribution in [1.82, 2.24) is 24.7 Å². The van der Waals surface area contributed by atoms with E-state index in [1.165, 1.54) is 6.33 Å². The Morgan fingerprint density at radius 2 is 1.86 bits per heavy atom. The predicted octanol–water partition coefficient (Wildman–Crippen LogP) is 4.53. The average molecular weight is 513 g/mol. The molecule has 0 radical (unpaired) electrons.